The molecule has 1 aromatic carbocycles. The number of ether oxygens (including phenoxy) is 2. The van der Waals surface area contributed by atoms with E-state index in [4.69, 9.17) is 14.6 Å². The van der Waals surface area contributed by atoms with Gasteiger partial charge in [0.15, 0.2) is 11.9 Å². The van der Waals surface area contributed by atoms with E-state index in [1.807, 2.05) is 0 Å². The first kappa shape index (κ1) is 15.9. The van der Waals surface area contributed by atoms with Gasteiger partial charge in [-0.05, 0) is 12.1 Å². The Morgan fingerprint density at radius 2 is 2.10 bits per heavy atom. The van der Waals surface area contributed by atoms with Crippen molar-refractivity contribution in [2.45, 2.75) is 24.5 Å². The highest BCUT2D eigenvalue weighted by Crippen LogP contribution is 2.28. The van der Waals surface area contributed by atoms with E-state index in [0.717, 1.165) is 0 Å². The molecule has 0 aromatic heterocycles. The summed E-state index contributed by atoms with van der Waals surface area (Å²) in [4.78, 5) is 0. The van der Waals surface area contributed by atoms with E-state index in [2.05, 4.69) is 5.32 Å². The molecule has 1 aliphatic rings. The maximum atomic E-state index is 11.2. The molecule has 9 nitrogen and oxygen atoms in total. The molecule has 0 aliphatic carbocycles. The lowest BCUT2D eigenvalue weighted by Gasteiger charge is -2.22. The SMILES string of the molecule is COc1ccc(NC2OC(CO)C(O)C2O)c([NH+]([O-])O)c1. The lowest BCUT2D eigenvalue weighted by molar-refractivity contribution is -0.990. The minimum atomic E-state index is -1.29. The number of methoxy groups -OCH3 is 1. The average molecular weight is 302 g/mol. The molecule has 0 radical (unpaired) electrons. The summed E-state index contributed by atoms with van der Waals surface area (Å²) in [6.45, 7) is -0.454. The molecule has 9 heteroatoms. The molecule has 0 saturated carbocycles. The highest BCUT2D eigenvalue weighted by atomic mass is 16.8. The number of aliphatic hydroxyl groups is 3. The van der Waals surface area contributed by atoms with Crippen LogP contribution in [0.25, 0.3) is 0 Å². The molecule has 1 fully saturated rings. The maximum absolute atomic E-state index is 11.2. The first-order valence-electron chi connectivity index (χ1n) is 6.28. The first-order chi connectivity index (χ1) is 9.97. The fraction of sp³-hybridized carbons (Fsp3) is 0.500. The van der Waals surface area contributed by atoms with Crippen LogP contribution < -0.4 is 15.3 Å². The van der Waals surface area contributed by atoms with Gasteiger partial charge in [0.25, 0.3) is 0 Å². The highest BCUT2D eigenvalue weighted by Gasteiger charge is 2.42. The maximum Gasteiger partial charge on any atom is 0.190 e. The lowest BCUT2D eigenvalue weighted by atomic mass is 10.1. The Bertz CT molecular complexity index is 485. The largest absolute Gasteiger partial charge is 0.595 e. The fourth-order valence-electron chi connectivity index (χ4n) is 2.13. The number of hydrogen-bond donors (Lipinski definition) is 6. The Morgan fingerprint density at radius 1 is 1.38 bits per heavy atom. The van der Waals surface area contributed by atoms with E-state index in [0.29, 0.717) is 5.75 Å². The highest BCUT2D eigenvalue weighted by molar-refractivity contribution is 5.64. The van der Waals surface area contributed by atoms with E-state index >= 15 is 0 Å². The molecule has 1 aliphatic heterocycles. The van der Waals surface area contributed by atoms with Gasteiger partial charge in [-0.3, -0.25) is 0 Å². The van der Waals surface area contributed by atoms with Crippen molar-refractivity contribution in [2.75, 3.05) is 19.0 Å². The number of rotatable bonds is 5. The Morgan fingerprint density at radius 3 is 2.62 bits per heavy atom. The van der Waals surface area contributed by atoms with Gasteiger partial charge < -0.3 is 35.3 Å². The van der Waals surface area contributed by atoms with E-state index in [9.17, 15) is 20.6 Å². The van der Waals surface area contributed by atoms with Crippen LogP contribution in [-0.4, -0.2) is 58.8 Å². The summed E-state index contributed by atoms with van der Waals surface area (Å²) in [5, 5.41) is 50.5. The second kappa shape index (κ2) is 6.54. The van der Waals surface area contributed by atoms with Gasteiger partial charge in [0.1, 0.15) is 29.7 Å². The normalized spacial score (nSPS) is 30.2. The number of nitrogens with one attached hydrogen (secondary N) is 2. The van der Waals surface area contributed by atoms with Crippen LogP contribution >= 0.6 is 0 Å². The third-order valence-corrected chi connectivity index (χ3v) is 3.30. The summed E-state index contributed by atoms with van der Waals surface area (Å²) in [7, 11) is 1.42. The Labute approximate surface area is 120 Å². The van der Waals surface area contributed by atoms with Gasteiger partial charge in [0.05, 0.1) is 13.7 Å². The van der Waals surface area contributed by atoms with Gasteiger partial charge in [-0.25, -0.2) is 5.21 Å². The molecular weight excluding hydrogens is 284 g/mol. The molecule has 6 N–H and O–H groups in total. The second-order valence-electron chi connectivity index (χ2n) is 4.62. The van der Waals surface area contributed by atoms with E-state index in [-0.39, 0.29) is 11.4 Å². The predicted octanol–water partition coefficient (Wildman–Crippen LogP) is -2.05. The van der Waals surface area contributed by atoms with Crippen LogP contribution in [0.1, 0.15) is 0 Å². The standard InChI is InChI=1S/C12H18N2O7/c1-20-6-2-3-7(8(4-6)14(18)19)13-12-11(17)10(16)9(5-15)21-12/h2-4,9-18H,5H2,1H3. The second-order valence-corrected chi connectivity index (χ2v) is 4.62. The smallest absolute Gasteiger partial charge is 0.190 e. The Balaban J connectivity index is 2.20. The zero-order valence-electron chi connectivity index (χ0n) is 11.3. The van der Waals surface area contributed by atoms with Crippen LogP contribution in [-0.2, 0) is 4.74 Å². The summed E-state index contributed by atoms with van der Waals surface area (Å²) < 4.78 is 10.2. The third-order valence-electron chi connectivity index (χ3n) is 3.30. The minimum Gasteiger partial charge on any atom is -0.595 e. The summed E-state index contributed by atoms with van der Waals surface area (Å²) >= 11 is 0. The number of quaternary nitrogens is 1. The molecule has 21 heavy (non-hydrogen) atoms. The van der Waals surface area contributed by atoms with Gasteiger partial charge in [-0.2, -0.15) is 5.23 Å². The van der Waals surface area contributed by atoms with Crippen LogP contribution in [0.3, 0.4) is 0 Å². The molecule has 1 heterocycles. The monoisotopic (exact) mass is 302 g/mol. The summed E-state index contributed by atoms with van der Waals surface area (Å²) in [5.41, 5.74) is 0.144. The molecule has 0 bridgehead atoms. The number of anilines is 1. The lowest BCUT2D eigenvalue weighted by Crippen LogP contribution is -2.99. The zero-order chi connectivity index (χ0) is 15.6. The van der Waals surface area contributed by atoms with Crippen LogP contribution in [0.2, 0.25) is 0 Å². The summed E-state index contributed by atoms with van der Waals surface area (Å²) in [6, 6.07) is 4.35. The molecular formula is C12H18N2O7. The topological polar surface area (TPSA) is 139 Å². The summed E-state index contributed by atoms with van der Waals surface area (Å²) in [6.07, 6.45) is -4.49. The van der Waals surface area contributed by atoms with Crippen molar-refractivity contribution >= 4 is 11.4 Å². The molecule has 1 aromatic rings. The van der Waals surface area contributed by atoms with Gasteiger partial charge >= 0.3 is 0 Å². The van der Waals surface area contributed by atoms with Crippen molar-refractivity contribution in [3.8, 4) is 5.75 Å². The Kier molecular flexibility index (Phi) is 4.96. The van der Waals surface area contributed by atoms with Crippen LogP contribution in [0.5, 0.6) is 5.75 Å². The molecule has 5 atom stereocenters. The zero-order valence-corrected chi connectivity index (χ0v) is 11.3. The van der Waals surface area contributed by atoms with Crippen molar-refractivity contribution in [1.29, 1.82) is 0 Å². The van der Waals surface area contributed by atoms with Crippen LogP contribution in [0, 0.1) is 5.21 Å². The average Bonchev–Trinajstić information content (AvgIpc) is 2.75. The van der Waals surface area contributed by atoms with E-state index in [1.54, 1.807) is 6.07 Å². The molecule has 0 spiro atoms. The Hall–Kier alpha value is -1.46. The quantitative estimate of drug-likeness (QED) is 0.342. The van der Waals surface area contributed by atoms with Gasteiger partial charge in [0, 0.05) is 6.07 Å². The predicted molar refractivity (Wildman–Crippen MR) is 70.2 cm³/mol. The van der Waals surface area contributed by atoms with Crippen molar-refractivity contribution in [3.63, 3.8) is 0 Å². The minimum absolute atomic E-state index is 0.0629. The third kappa shape index (κ3) is 3.24. The van der Waals surface area contributed by atoms with Gasteiger partial charge in [-0.15, -0.1) is 0 Å². The van der Waals surface area contributed by atoms with Crippen molar-refractivity contribution in [2.24, 2.45) is 0 Å². The first-order valence-corrected chi connectivity index (χ1v) is 6.28. The molecule has 0 amide bonds. The van der Waals surface area contributed by atoms with Crippen molar-refractivity contribution < 1.29 is 35.2 Å². The van der Waals surface area contributed by atoms with Crippen molar-refractivity contribution in [3.05, 3.63) is 23.4 Å². The number of benzene rings is 1. The molecule has 1 saturated heterocycles. The van der Waals surface area contributed by atoms with E-state index < -0.39 is 36.4 Å². The summed E-state index contributed by atoms with van der Waals surface area (Å²) in [5.74, 6) is 0.374. The molecule has 5 unspecified atom stereocenters. The van der Waals surface area contributed by atoms with E-state index in [1.165, 1.54) is 19.2 Å². The van der Waals surface area contributed by atoms with Crippen molar-refractivity contribution in [1.82, 2.24) is 0 Å². The van der Waals surface area contributed by atoms with Crippen LogP contribution in [0.4, 0.5) is 11.4 Å². The number of hydrogen-bond acceptors (Lipinski definition) is 8. The molecule has 118 valence electrons. The molecule has 2 rings (SSSR count). The van der Waals surface area contributed by atoms with Gasteiger partial charge in [0.2, 0.25) is 0 Å². The fourth-order valence-corrected chi connectivity index (χ4v) is 2.13. The van der Waals surface area contributed by atoms with Gasteiger partial charge in [-0.1, -0.05) is 0 Å². The van der Waals surface area contributed by atoms with Crippen LogP contribution in [0.15, 0.2) is 18.2 Å². The number of aliphatic hydroxyl groups excluding tert-OH is 3.